The van der Waals surface area contributed by atoms with Crippen molar-refractivity contribution < 1.29 is 32.6 Å². The highest BCUT2D eigenvalue weighted by atomic mass is 19.4. The van der Waals surface area contributed by atoms with E-state index in [0.717, 1.165) is 48.3 Å². The first-order valence-corrected chi connectivity index (χ1v) is 11.1. The van der Waals surface area contributed by atoms with Crippen molar-refractivity contribution in [3.8, 4) is 5.75 Å². The maximum absolute atomic E-state index is 13.2. The van der Waals surface area contributed by atoms with Gasteiger partial charge < -0.3 is 19.7 Å². The number of halogens is 3. The van der Waals surface area contributed by atoms with Gasteiger partial charge in [-0.3, -0.25) is 9.69 Å². The van der Waals surface area contributed by atoms with E-state index in [9.17, 15) is 18.0 Å². The molecule has 186 valence electrons. The summed E-state index contributed by atoms with van der Waals surface area (Å²) in [6, 6.07) is 7.30. The van der Waals surface area contributed by atoms with E-state index in [0.29, 0.717) is 0 Å². The number of aliphatic carboxylic acids is 1. The molecule has 1 aliphatic carbocycles. The van der Waals surface area contributed by atoms with Crippen molar-refractivity contribution in [2.45, 2.75) is 51.4 Å². The minimum atomic E-state index is -5.08. The number of carbonyl (C=O) groups is 2. The molecule has 1 fully saturated rings. The first kappa shape index (κ1) is 25.5. The van der Waals surface area contributed by atoms with Crippen molar-refractivity contribution in [2.24, 2.45) is 13.0 Å². The minimum Gasteiger partial charge on any atom is -0.491 e. The van der Waals surface area contributed by atoms with Gasteiger partial charge in [0.15, 0.2) is 0 Å². The zero-order chi connectivity index (χ0) is 25.0. The predicted molar refractivity (Wildman–Crippen MR) is 118 cm³/mol. The summed E-state index contributed by atoms with van der Waals surface area (Å²) < 4.78 is 39.4. The lowest BCUT2D eigenvalue weighted by Crippen LogP contribution is -2.43. The number of nitrogens with zero attached hydrogens (tertiary/aromatic N) is 3. The van der Waals surface area contributed by atoms with Crippen molar-refractivity contribution in [3.63, 3.8) is 0 Å². The Labute approximate surface area is 195 Å². The van der Waals surface area contributed by atoms with E-state index < -0.39 is 12.1 Å². The van der Waals surface area contributed by atoms with E-state index in [1.54, 1.807) is 0 Å². The lowest BCUT2D eigenvalue weighted by atomic mass is 10.0. The Kier molecular flexibility index (Phi) is 7.86. The number of imidazole rings is 1. The number of aromatic nitrogens is 2. The van der Waals surface area contributed by atoms with Crippen molar-refractivity contribution in [2.75, 3.05) is 18.4 Å². The molecule has 0 bridgehead atoms. The van der Waals surface area contributed by atoms with E-state index in [1.165, 1.54) is 12.8 Å². The highest BCUT2D eigenvalue weighted by molar-refractivity contribution is 5.95. The van der Waals surface area contributed by atoms with Crippen LogP contribution in [0.2, 0.25) is 0 Å². The third-order valence-corrected chi connectivity index (χ3v) is 5.50. The second-order valence-electron chi connectivity index (χ2n) is 8.76. The summed E-state index contributed by atoms with van der Waals surface area (Å²) in [4.78, 5) is 29.0. The average molecular weight is 483 g/mol. The maximum Gasteiger partial charge on any atom is 0.490 e. The molecule has 1 amide bonds. The molecule has 8 nitrogen and oxygen atoms in total. The van der Waals surface area contributed by atoms with Gasteiger partial charge in [0.25, 0.3) is 0 Å². The number of carboxylic acid groups (broad SMARTS) is 1. The number of anilines is 1. The standard InChI is InChI=1S/C21H28N4O2.C2HF3O2/c1-14(2)27-17-8-6-16(7-9-17)23-21(26)20-19-18(22-13-24(19)3)10-11-25(20)12-15-4-5-15;3-2(4,5)1(6)7/h6-9,13-15,20H,4-5,10-12H2,1-3H3,(H,23,26);(H,6,7). The largest absolute Gasteiger partial charge is 0.491 e. The average Bonchev–Trinajstić information content (AvgIpc) is 3.49. The number of alkyl halides is 3. The molecule has 0 spiro atoms. The van der Waals surface area contributed by atoms with Gasteiger partial charge >= 0.3 is 12.1 Å². The number of benzene rings is 1. The van der Waals surface area contributed by atoms with Crippen LogP contribution in [0.5, 0.6) is 5.75 Å². The van der Waals surface area contributed by atoms with Crippen LogP contribution in [-0.2, 0) is 23.1 Å². The molecule has 2 aliphatic rings. The number of fused-ring (bicyclic) bond motifs is 1. The second kappa shape index (κ2) is 10.5. The first-order valence-electron chi connectivity index (χ1n) is 11.1. The van der Waals surface area contributed by atoms with E-state index in [1.807, 2.05) is 56.1 Å². The summed E-state index contributed by atoms with van der Waals surface area (Å²) in [5.41, 5.74) is 2.86. The number of hydrogen-bond acceptors (Lipinski definition) is 5. The molecule has 1 aromatic carbocycles. The van der Waals surface area contributed by atoms with Gasteiger partial charge in [0.1, 0.15) is 11.8 Å². The molecule has 2 N–H and O–H groups in total. The minimum absolute atomic E-state index is 0.0118. The Morgan fingerprint density at radius 1 is 1.24 bits per heavy atom. The third kappa shape index (κ3) is 6.72. The molecule has 34 heavy (non-hydrogen) atoms. The summed E-state index contributed by atoms with van der Waals surface area (Å²) >= 11 is 0. The van der Waals surface area contributed by atoms with E-state index in [4.69, 9.17) is 14.6 Å². The molecule has 1 atom stereocenters. The highest BCUT2D eigenvalue weighted by Gasteiger charge is 2.39. The Hall–Kier alpha value is -3.08. The summed E-state index contributed by atoms with van der Waals surface area (Å²) in [6.07, 6.45) is 0.338. The fraction of sp³-hybridized carbons (Fsp3) is 0.522. The zero-order valence-corrected chi connectivity index (χ0v) is 19.3. The van der Waals surface area contributed by atoms with E-state index in [2.05, 4.69) is 15.2 Å². The molecule has 2 aromatic rings. The number of hydrogen-bond donors (Lipinski definition) is 2. The number of carboxylic acids is 1. The van der Waals surface area contributed by atoms with Gasteiger partial charge in [-0.05, 0) is 56.9 Å². The van der Waals surface area contributed by atoms with Crippen LogP contribution in [0.1, 0.15) is 44.1 Å². The predicted octanol–water partition coefficient (Wildman–Crippen LogP) is 3.79. The first-order chi connectivity index (χ1) is 16.0. The number of aryl methyl sites for hydroxylation is 1. The summed E-state index contributed by atoms with van der Waals surface area (Å²) in [7, 11) is 1.98. The normalized spacial score (nSPS) is 18.0. The van der Waals surface area contributed by atoms with Crippen molar-refractivity contribution in [3.05, 3.63) is 42.0 Å². The summed E-state index contributed by atoms with van der Waals surface area (Å²) in [5, 5.41) is 10.2. The number of nitrogens with one attached hydrogen (secondary N) is 1. The molecular weight excluding hydrogens is 453 g/mol. The van der Waals surface area contributed by atoms with Crippen LogP contribution < -0.4 is 10.1 Å². The number of rotatable bonds is 6. The van der Waals surface area contributed by atoms with Crippen LogP contribution in [0, 0.1) is 5.92 Å². The van der Waals surface area contributed by atoms with Crippen LogP contribution in [0.25, 0.3) is 0 Å². The smallest absolute Gasteiger partial charge is 0.490 e. The van der Waals surface area contributed by atoms with Gasteiger partial charge in [-0.2, -0.15) is 13.2 Å². The van der Waals surface area contributed by atoms with Gasteiger partial charge in [0, 0.05) is 32.2 Å². The van der Waals surface area contributed by atoms with E-state index in [-0.39, 0.29) is 18.1 Å². The number of amides is 1. The molecule has 11 heteroatoms. The fourth-order valence-electron chi connectivity index (χ4n) is 3.80. The molecule has 0 saturated heterocycles. The Morgan fingerprint density at radius 2 is 1.85 bits per heavy atom. The molecule has 4 rings (SSSR count). The zero-order valence-electron chi connectivity index (χ0n) is 19.3. The van der Waals surface area contributed by atoms with Crippen LogP contribution in [0.4, 0.5) is 18.9 Å². The van der Waals surface area contributed by atoms with Crippen LogP contribution in [0.15, 0.2) is 30.6 Å². The summed E-state index contributed by atoms with van der Waals surface area (Å²) in [6.45, 7) is 5.88. The number of carbonyl (C=O) groups excluding carboxylic acids is 1. The van der Waals surface area contributed by atoms with Crippen LogP contribution in [0.3, 0.4) is 0 Å². The quantitative estimate of drug-likeness (QED) is 0.651. The van der Waals surface area contributed by atoms with Crippen molar-refractivity contribution in [1.29, 1.82) is 0 Å². The van der Waals surface area contributed by atoms with Gasteiger partial charge in [0.05, 0.1) is 23.8 Å². The molecule has 1 unspecified atom stereocenters. The lowest BCUT2D eigenvalue weighted by Gasteiger charge is -2.35. The van der Waals surface area contributed by atoms with Gasteiger partial charge in [-0.25, -0.2) is 9.78 Å². The summed E-state index contributed by atoms with van der Waals surface area (Å²) in [5.74, 6) is -1.20. The molecule has 1 aliphatic heterocycles. The third-order valence-electron chi connectivity index (χ3n) is 5.50. The molecule has 1 saturated carbocycles. The SMILES string of the molecule is CC(C)Oc1ccc(NC(=O)C2c3c(ncn3C)CCN2CC2CC2)cc1.O=C(O)C(F)(F)F. The Morgan fingerprint density at radius 3 is 2.38 bits per heavy atom. The Bertz CT molecular complexity index is 1000. The van der Waals surface area contributed by atoms with Crippen LogP contribution in [-0.4, -0.2) is 56.8 Å². The molecular formula is C23H29F3N4O4. The lowest BCUT2D eigenvalue weighted by molar-refractivity contribution is -0.192. The monoisotopic (exact) mass is 482 g/mol. The number of ether oxygens (including phenoxy) is 1. The van der Waals surface area contributed by atoms with Crippen LogP contribution >= 0.6 is 0 Å². The molecule has 0 radical (unpaired) electrons. The van der Waals surface area contributed by atoms with E-state index >= 15 is 0 Å². The topological polar surface area (TPSA) is 96.7 Å². The molecule has 1 aromatic heterocycles. The molecule has 2 heterocycles. The Balaban J connectivity index is 0.000000406. The van der Waals surface area contributed by atoms with Gasteiger partial charge in [-0.15, -0.1) is 0 Å². The maximum atomic E-state index is 13.2. The van der Waals surface area contributed by atoms with Gasteiger partial charge in [-0.1, -0.05) is 0 Å². The highest BCUT2D eigenvalue weighted by Crippen LogP contribution is 2.36. The van der Waals surface area contributed by atoms with Crippen molar-refractivity contribution in [1.82, 2.24) is 14.5 Å². The van der Waals surface area contributed by atoms with Gasteiger partial charge in [0.2, 0.25) is 5.91 Å². The second-order valence-corrected chi connectivity index (χ2v) is 8.76. The van der Waals surface area contributed by atoms with Crippen molar-refractivity contribution >= 4 is 17.6 Å². The fourth-order valence-corrected chi connectivity index (χ4v) is 3.80.